The first-order valence-corrected chi connectivity index (χ1v) is 6.28. The maximum Gasteiger partial charge on any atom is 0.311 e. The Labute approximate surface area is 114 Å². The van der Waals surface area contributed by atoms with Crippen molar-refractivity contribution in [1.82, 2.24) is 0 Å². The number of halogens is 1. The molecule has 20 heavy (non-hydrogen) atoms. The minimum Gasteiger partial charge on any atom is -0.480 e. The Kier molecular flexibility index (Phi) is 4.29. The van der Waals surface area contributed by atoms with E-state index < -0.39 is 22.9 Å². The number of nitrogens with zero attached hydrogens (tertiary/aromatic N) is 1. The van der Waals surface area contributed by atoms with Gasteiger partial charge in [-0.2, -0.15) is 0 Å². The van der Waals surface area contributed by atoms with Crippen LogP contribution in [0.25, 0.3) is 0 Å². The average molecular weight is 283 g/mol. The smallest absolute Gasteiger partial charge is 0.311 e. The number of ketones is 1. The van der Waals surface area contributed by atoms with Crippen molar-refractivity contribution in [3.8, 4) is 5.75 Å². The molecule has 2 rings (SSSR count). The molecule has 1 aromatic carbocycles. The fourth-order valence-corrected chi connectivity index (χ4v) is 1.91. The Morgan fingerprint density at radius 2 is 2.25 bits per heavy atom. The van der Waals surface area contributed by atoms with Crippen LogP contribution in [-0.2, 0) is 9.53 Å². The van der Waals surface area contributed by atoms with E-state index in [9.17, 15) is 19.3 Å². The number of carbonyl (C=O) groups excluding carboxylic acids is 1. The third-order valence-electron chi connectivity index (χ3n) is 2.96. The zero-order chi connectivity index (χ0) is 14.7. The van der Waals surface area contributed by atoms with Crippen molar-refractivity contribution in [2.75, 3.05) is 6.61 Å². The van der Waals surface area contributed by atoms with Gasteiger partial charge in [0.1, 0.15) is 11.9 Å². The molecule has 2 atom stereocenters. The summed E-state index contributed by atoms with van der Waals surface area (Å²) in [4.78, 5) is 21.6. The first-order chi connectivity index (χ1) is 9.52. The van der Waals surface area contributed by atoms with Crippen LogP contribution in [0.5, 0.6) is 5.75 Å². The predicted molar refractivity (Wildman–Crippen MR) is 67.1 cm³/mol. The maximum atomic E-state index is 13.2. The molecule has 1 aliphatic carbocycles. The van der Waals surface area contributed by atoms with Gasteiger partial charge in [-0.05, 0) is 12.5 Å². The van der Waals surface area contributed by atoms with Gasteiger partial charge in [-0.1, -0.05) is 6.92 Å². The first-order valence-electron chi connectivity index (χ1n) is 6.28. The molecule has 6 nitrogen and oxygen atoms in total. The minimum absolute atomic E-state index is 0.109. The van der Waals surface area contributed by atoms with E-state index in [2.05, 4.69) is 0 Å². The van der Waals surface area contributed by atoms with Crippen molar-refractivity contribution in [1.29, 1.82) is 0 Å². The Morgan fingerprint density at radius 3 is 2.85 bits per heavy atom. The van der Waals surface area contributed by atoms with E-state index >= 15 is 0 Å². The van der Waals surface area contributed by atoms with E-state index in [1.165, 1.54) is 0 Å². The third-order valence-corrected chi connectivity index (χ3v) is 2.96. The summed E-state index contributed by atoms with van der Waals surface area (Å²) in [5, 5.41) is 10.8. The molecule has 0 bridgehead atoms. The van der Waals surface area contributed by atoms with Crippen LogP contribution >= 0.6 is 0 Å². The highest BCUT2D eigenvalue weighted by Crippen LogP contribution is 2.32. The summed E-state index contributed by atoms with van der Waals surface area (Å²) in [7, 11) is 0. The van der Waals surface area contributed by atoms with Gasteiger partial charge in [0.2, 0.25) is 0 Å². The zero-order valence-electron chi connectivity index (χ0n) is 10.9. The lowest BCUT2D eigenvalue weighted by Gasteiger charge is -2.34. The van der Waals surface area contributed by atoms with E-state index in [0.29, 0.717) is 6.61 Å². The Morgan fingerprint density at radius 1 is 1.50 bits per heavy atom. The molecule has 0 spiro atoms. The van der Waals surface area contributed by atoms with Crippen molar-refractivity contribution in [2.45, 2.75) is 32.0 Å². The number of Topliss-reactive ketones (excluding diaryl/α,β-unsaturated/α-hetero) is 1. The molecule has 0 radical (unpaired) electrons. The molecule has 0 N–H and O–H groups in total. The van der Waals surface area contributed by atoms with Crippen molar-refractivity contribution < 1.29 is 23.6 Å². The van der Waals surface area contributed by atoms with E-state index in [4.69, 9.17) is 9.47 Å². The normalized spacial score (nSPS) is 21.4. The maximum absolute atomic E-state index is 13.2. The lowest BCUT2D eigenvalue weighted by Crippen LogP contribution is -2.52. The fourth-order valence-electron chi connectivity index (χ4n) is 1.91. The van der Waals surface area contributed by atoms with Crippen molar-refractivity contribution in [3.05, 3.63) is 34.1 Å². The van der Waals surface area contributed by atoms with Gasteiger partial charge < -0.3 is 9.47 Å². The Hall–Kier alpha value is -2.02. The number of ether oxygens (including phenoxy) is 2. The number of rotatable bonds is 6. The third kappa shape index (κ3) is 2.93. The first kappa shape index (κ1) is 14.4. The number of nitro groups is 1. The van der Waals surface area contributed by atoms with Gasteiger partial charge in [-0.3, -0.25) is 14.9 Å². The van der Waals surface area contributed by atoms with Gasteiger partial charge in [0, 0.05) is 25.2 Å². The number of benzene rings is 1. The fraction of sp³-hybridized carbons (Fsp3) is 0.462. The molecule has 0 amide bonds. The molecule has 2 unspecified atom stereocenters. The molecular weight excluding hydrogens is 269 g/mol. The van der Waals surface area contributed by atoms with Crippen LogP contribution in [0.2, 0.25) is 0 Å². The van der Waals surface area contributed by atoms with Crippen molar-refractivity contribution >= 4 is 11.5 Å². The molecule has 1 saturated carbocycles. The van der Waals surface area contributed by atoms with Crippen LogP contribution < -0.4 is 4.74 Å². The van der Waals surface area contributed by atoms with E-state index in [-0.39, 0.29) is 23.6 Å². The van der Waals surface area contributed by atoms with Crippen molar-refractivity contribution in [3.63, 3.8) is 0 Å². The molecule has 0 saturated heterocycles. The van der Waals surface area contributed by atoms with Crippen LogP contribution in [0.4, 0.5) is 10.1 Å². The summed E-state index contributed by atoms with van der Waals surface area (Å²) < 4.78 is 23.9. The summed E-state index contributed by atoms with van der Waals surface area (Å²) in [6.45, 7) is 2.30. The number of nitro benzene ring substituents is 1. The molecule has 7 heteroatoms. The van der Waals surface area contributed by atoms with Crippen LogP contribution in [0, 0.1) is 15.9 Å². The van der Waals surface area contributed by atoms with Crippen LogP contribution in [-0.4, -0.2) is 29.5 Å². The van der Waals surface area contributed by atoms with Gasteiger partial charge in [0.25, 0.3) is 0 Å². The summed E-state index contributed by atoms with van der Waals surface area (Å²) in [6.07, 6.45) is -0.467. The van der Waals surface area contributed by atoms with Crippen molar-refractivity contribution in [2.24, 2.45) is 0 Å². The Balaban J connectivity index is 2.11. The van der Waals surface area contributed by atoms with Gasteiger partial charge >= 0.3 is 5.69 Å². The van der Waals surface area contributed by atoms with Crippen LogP contribution in [0.1, 0.15) is 19.8 Å². The number of carbonyl (C=O) groups is 1. The molecule has 0 aromatic heterocycles. The molecule has 0 heterocycles. The highest BCUT2D eigenvalue weighted by molar-refractivity contribution is 5.90. The van der Waals surface area contributed by atoms with E-state index in [0.717, 1.165) is 24.6 Å². The molecular formula is C13H14FNO5. The standard InChI is InChI=1S/C13H14FNO5/c1-2-5-19-13-10(16)7-12(13)20-11-6-8(14)3-4-9(11)15(17)18/h3-4,6,12-13H,2,5,7H2,1H3. The average Bonchev–Trinajstić information content (AvgIpc) is 2.38. The largest absolute Gasteiger partial charge is 0.480 e. The lowest BCUT2D eigenvalue weighted by molar-refractivity contribution is -0.386. The van der Waals surface area contributed by atoms with E-state index in [1.54, 1.807) is 0 Å². The second-order valence-electron chi connectivity index (χ2n) is 4.49. The van der Waals surface area contributed by atoms with Crippen LogP contribution in [0.3, 0.4) is 0 Å². The highest BCUT2D eigenvalue weighted by atomic mass is 19.1. The monoisotopic (exact) mass is 283 g/mol. The number of hydrogen-bond donors (Lipinski definition) is 0. The lowest BCUT2D eigenvalue weighted by atomic mass is 9.90. The summed E-state index contributed by atoms with van der Waals surface area (Å²) >= 11 is 0. The van der Waals surface area contributed by atoms with Gasteiger partial charge in [0.05, 0.1) is 4.92 Å². The second kappa shape index (κ2) is 5.96. The van der Waals surface area contributed by atoms with E-state index in [1.807, 2.05) is 6.92 Å². The van der Waals surface area contributed by atoms with Gasteiger partial charge in [-0.15, -0.1) is 0 Å². The topological polar surface area (TPSA) is 78.7 Å². The summed E-state index contributed by atoms with van der Waals surface area (Å²) in [5.74, 6) is -0.928. The zero-order valence-corrected chi connectivity index (χ0v) is 10.9. The molecule has 1 aliphatic rings. The quantitative estimate of drug-likeness (QED) is 0.591. The highest BCUT2D eigenvalue weighted by Gasteiger charge is 2.43. The van der Waals surface area contributed by atoms with Crippen LogP contribution in [0.15, 0.2) is 18.2 Å². The second-order valence-corrected chi connectivity index (χ2v) is 4.49. The molecule has 0 aliphatic heterocycles. The van der Waals surface area contributed by atoms with Gasteiger partial charge in [-0.25, -0.2) is 4.39 Å². The minimum atomic E-state index is -0.724. The summed E-state index contributed by atoms with van der Waals surface area (Å²) in [6, 6.07) is 2.97. The molecule has 108 valence electrons. The Bertz CT molecular complexity index is 533. The SMILES string of the molecule is CCCOC1C(=O)CC1Oc1cc(F)ccc1[N+](=O)[O-]. The molecule has 1 aromatic rings. The number of hydrogen-bond acceptors (Lipinski definition) is 5. The molecule has 1 fully saturated rings. The predicted octanol–water partition coefficient (Wildman–Crippen LogP) is 2.25. The summed E-state index contributed by atoms with van der Waals surface area (Å²) in [5.41, 5.74) is -0.333. The van der Waals surface area contributed by atoms with Gasteiger partial charge in [0.15, 0.2) is 17.6 Å².